The van der Waals surface area contributed by atoms with Crippen LogP contribution >= 0.6 is 0 Å². The van der Waals surface area contributed by atoms with Crippen LogP contribution in [0.25, 0.3) is 0 Å². The Morgan fingerprint density at radius 3 is 0.835 bits per heavy atom. The number of sulfone groups is 4. The van der Waals surface area contributed by atoms with Crippen LogP contribution in [0.2, 0.25) is 0 Å². The van der Waals surface area contributed by atoms with Crippen LogP contribution in [0.3, 0.4) is 0 Å². The molecule has 5 aliphatic heterocycles. The van der Waals surface area contributed by atoms with Gasteiger partial charge in [0.15, 0.2) is 39.3 Å². The van der Waals surface area contributed by atoms with Crippen LogP contribution in [-0.2, 0) is 39.3 Å². The van der Waals surface area contributed by atoms with Crippen molar-refractivity contribution in [3.63, 3.8) is 0 Å². The van der Waals surface area contributed by atoms with Crippen molar-refractivity contribution in [1.29, 1.82) is 0 Å². The molecule has 9 aliphatic rings. The van der Waals surface area contributed by atoms with Gasteiger partial charge >= 0.3 is 0 Å². The zero-order chi connectivity index (χ0) is 61.0. The number of nitrogens with one attached hydrogen (secondary N) is 7. The monoisotopic (exact) mass is 1270 g/mol. The molecule has 16 nitrogen and oxygen atoms in total. The SMILES string of the molecule is CCCCC(CC)CS(=O)(=O)C1CCC2C3NC(NC4NC(NC5C6CCC(S(=O)(=O)CC(CC)CCCC)CC6C(NC6NC(N3)C3CC(S(=O)(=O)CC(CC)CCCC)CCC63)N5C)C3CC(S(=O)(=O)CC(CC)CCCC)CCC43)C2C1. The molecule has 0 radical (unpaired) electrons. The summed E-state index contributed by atoms with van der Waals surface area (Å²) in [7, 11) is -11.4. The molecule has 0 aromatic carbocycles. The number of unbranched alkanes of at least 4 members (excludes halogenated alkanes) is 4. The Labute approximate surface area is 518 Å². The van der Waals surface area contributed by atoms with Crippen molar-refractivity contribution in [1.82, 2.24) is 42.1 Å². The van der Waals surface area contributed by atoms with Crippen molar-refractivity contribution >= 4 is 39.3 Å². The Hall–Kier alpha value is -0.520. The molecule has 7 N–H and O–H groups in total. The fourth-order valence-electron chi connectivity index (χ4n) is 19.0. The topological polar surface area (TPSA) is 224 Å². The quantitative estimate of drug-likeness (QED) is 0.0388. The van der Waals surface area contributed by atoms with E-state index in [0.29, 0.717) is 51.4 Å². The van der Waals surface area contributed by atoms with E-state index in [9.17, 15) is 33.7 Å². The normalized spacial score (nSPS) is 39.5. The standard InChI is InChI=1S/C65H122N8O8S4/c1-10-18-22-42(14-5)38-82(74,75)46-26-30-50-54(34-46)61-66-58(50)67-62-55-35-47(83(76,77)39-43(15-6)23-19-11-2)28-32-52(55)60(70-62)71-65-57-37-49(85(80,81)41-45(17-8)25-21-13-4)29-33-53(57)64(73(65)9)72-63-56-36-48(27-31-51(56)59(68-61)69-63)84(78,79)40-44(16-7)24-20-12-3/h42-72H,10-41H2,1-9H3. The number of fused-ring (bicyclic) bond motifs is 20. The van der Waals surface area contributed by atoms with Crippen LogP contribution in [0, 0.1) is 71.0 Å². The van der Waals surface area contributed by atoms with Gasteiger partial charge in [-0.3, -0.25) is 42.1 Å². The second-order valence-corrected chi connectivity index (χ2v) is 38.9. The fraction of sp³-hybridized carbons (Fsp3) is 1.00. The molecule has 0 spiro atoms. The number of rotatable bonds is 28. The first-order valence-electron chi connectivity index (χ1n) is 35.5. The third-order valence-corrected chi connectivity index (χ3v) is 34.0. The minimum Gasteiger partial charge on any atom is -0.286 e. The number of hydrogen-bond donors (Lipinski definition) is 7. The molecule has 20 heteroatoms. The molecular weight excluding hydrogens is 1150 g/mol. The van der Waals surface area contributed by atoms with Crippen molar-refractivity contribution in [2.75, 3.05) is 30.1 Å². The highest BCUT2D eigenvalue weighted by Crippen LogP contribution is 2.50. The van der Waals surface area contributed by atoms with Gasteiger partial charge in [0.1, 0.15) is 0 Å². The first-order valence-corrected chi connectivity index (χ1v) is 42.4. The highest BCUT2D eigenvalue weighted by Gasteiger charge is 2.59. The van der Waals surface area contributed by atoms with E-state index in [2.05, 4.69) is 105 Å². The molecule has 4 aliphatic carbocycles. The van der Waals surface area contributed by atoms with Crippen LogP contribution in [0.1, 0.15) is 235 Å². The molecule has 4 saturated carbocycles. The summed E-state index contributed by atoms with van der Waals surface area (Å²) in [4.78, 5) is 2.46. The minimum absolute atomic E-state index is 0.00354. The molecule has 85 heavy (non-hydrogen) atoms. The predicted molar refractivity (Wildman–Crippen MR) is 347 cm³/mol. The lowest BCUT2D eigenvalue weighted by Gasteiger charge is -2.39. The van der Waals surface area contributed by atoms with Gasteiger partial charge in [0.05, 0.1) is 93.3 Å². The fourth-order valence-corrected chi connectivity index (χ4v) is 28.4. The van der Waals surface area contributed by atoms with Crippen LogP contribution < -0.4 is 37.2 Å². The summed E-state index contributed by atoms with van der Waals surface area (Å²) in [6, 6.07) is 0. The van der Waals surface area contributed by atoms with E-state index in [0.717, 1.165) is 128 Å². The van der Waals surface area contributed by atoms with E-state index < -0.39 is 60.3 Å². The average Bonchev–Trinajstić information content (AvgIpc) is 2.42. The summed E-state index contributed by atoms with van der Waals surface area (Å²) < 4.78 is 118. The minimum atomic E-state index is -3.40. The van der Waals surface area contributed by atoms with Crippen molar-refractivity contribution < 1.29 is 33.7 Å². The summed E-state index contributed by atoms with van der Waals surface area (Å²) >= 11 is 0. The van der Waals surface area contributed by atoms with Crippen molar-refractivity contribution in [2.45, 2.75) is 305 Å². The lowest BCUT2D eigenvalue weighted by atomic mass is 9.76. The van der Waals surface area contributed by atoms with E-state index >= 15 is 0 Å². The van der Waals surface area contributed by atoms with Crippen LogP contribution in [0.4, 0.5) is 0 Å². The van der Waals surface area contributed by atoms with Gasteiger partial charge < -0.3 is 0 Å². The summed E-state index contributed by atoms with van der Waals surface area (Å²) in [5, 5.41) is 27.5. The van der Waals surface area contributed by atoms with E-state index in [4.69, 9.17) is 0 Å². The molecule has 24 unspecified atom stereocenters. The third kappa shape index (κ3) is 15.8. The maximum atomic E-state index is 14.7. The summed E-state index contributed by atoms with van der Waals surface area (Å²) in [5.41, 5.74) is 0. The zero-order valence-electron chi connectivity index (χ0n) is 54.3. The van der Waals surface area contributed by atoms with E-state index in [1.165, 1.54) is 0 Å². The van der Waals surface area contributed by atoms with Crippen molar-refractivity contribution in [3.8, 4) is 0 Å². The van der Waals surface area contributed by atoms with E-state index in [-0.39, 0.29) is 143 Å². The third-order valence-electron chi connectivity index (χ3n) is 24.5. The number of nitrogens with zero attached hydrogens (tertiary/aromatic N) is 1. The Kier molecular flexibility index (Phi) is 24.3. The smallest absolute Gasteiger partial charge is 0.153 e. The molecule has 24 atom stereocenters. The van der Waals surface area contributed by atoms with Gasteiger partial charge in [0.25, 0.3) is 0 Å². The zero-order valence-corrected chi connectivity index (χ0v) is 57.6. The highest BCUT2D eigenvalue weighted by molar-refractivity contribution is 7.92. The Morgan fingerprint density at radius 2 is 0.553 bits per heavy atom. The van der Waals surface area contributed by atoms with Gasteiger partial charge in [-0.15, -0.1) is 0 Å². The molecule has 0 amide bonds. The van der Waals surface area contributed by atoms with Gasteiger partial charge in [-0.25, -0.2) is 33.7 Å². The largest absolute Gasteiger partial charge is 0.286 e. The Balaban J connectivity index is 1.07. The summed E-state index contributed by atoms with van der Waals surface area (Å²) in [6.45, 7) is 17.2. The van der Waals surface area contributed by atoms with Gasteiger partial charge in [-0.05, 0) is 181 Å². The van der Waals surface area contributed by atoms with Crippen LogP contribution in [0.15, 0.2) is 0 Å². The summed E-state index contributed by atoms with van der Waals surface area (Å²) in [5.74, 6) is 2.07. The first-order chi connectivity index (χ1) is 40.6. The summed E-state index contributed by atoms with van der Waals surface area (Å²) in [6.07, 6.45) is 21.7. The Morgan fingerprint density at radius 1 is 0.318 bits per heavy atom. The molecule has 9 rings (SSSR count). The second kappa shape index (κ2) is 30.0. The highest BCUT2D eigenvalue weighted by atomic mass is 32.2. The van der Waals surface area contributed by atoms with E-state index in [1.54, 1.807) is 0 Å². The van der Waals surface area contributed by atoms with Crippen LogP contribution in [-0.4, -0.2) is 139 Å². The maximum absolute atomic E-state index is 14.7. The number of hydrogen-bond acceptors (Lipinski definition) is 16. The maximum Gasteiger partial charge on any atom is 0.153 e. The lowest BCUT2D eigenvalue weighted by molar-refractivity contribution is 0.113. The molecule has 9 fully saturated rings. The lowest BCUT2D eigenvalue weighted by Crippen LogP contribution is -2.62. The average molecular weight is 1270 g/mol. The van der Waals surface area contributed by atoms with E-state index in [1.807, 2.05) is 0 Å². The van der Waals surface area contributed by atoms with Crippen LogP contribution in [0.5, 0.6) is 0 Å². The second-order valence-electron chi connectivity index (χ2n) is 29.6. The molecule has 5 heterocycles. The predicted octanol–water partition coefficient (Wildman–Crippen LogP) is 9.39. The van der Waals surface area contributed by atoms with Crippen molar-refractivity contribution in [3.05, 3.63) is 0 Å². The molecule has 494 valence electrons. The van der Waals surface area contributed by atoms with Gasteiger partial charge in [0.2, 0.25) is 0 Å². The van der Waals surface area contributed by atoms with Gasteiger partial charge in [0, 0.05) is 0 Å². The van der Waals surface area contributed by atoms with Crippen molar-refractivity contribution in [2.24, 2.45) is 71.0 Å². The molecular formula is C65H122N8O8S4. The molecule has 8 bridgehead atoms. The molecule has 0 aromatic heterocycles. The molecule has 5 saturated heterocycles. The first kappa shape index (κ1) is 68.8. The Bertz CT molecular complexity index is 2580. The molecule has 0 aromatic rings. The van der Waals surface area contributed by atoms with Gasteiger partial charge in [-0.2, -0.15) is 0 Å². The van der Waals surface area contributed by atoms with Gasteiger partial charge in [-0.1, -0.05) is 132 Å².